The lowest BCUT2D eigenvalue weighted by atomic mass is 9.49. The molecule has 0 aromatic heterocycles. The summed E-state index contributed by atoms with van der Waals surface area (Å²) in [4.78, 5) is 19.0. The van der Waals surface area contributed by atoms with Crippen molar-refractivity contribution in [2.24, 2.45) is 17.3 Å². The van der Waals surface area contributed by atoms with E-state index in [2.05, 4.69) is 53.4 Å². The van der Waals surface area contributed by atoms with Gasteiger partial charge in [0, 0.05) is 30.2 Å². The van der Waals surface area contributed by atoms with Gasteiger partial charge in [-0.15, -0.1) is 11.8 Å². The standard InChI is InChI=1S/C25H37N3OS/c1-25(2)20-8-7-19(23(25)17-20)18-28(16-15-27-13-5-4-6-14-27)24(29)26-21-9-11-22(30-3)12-10-21/h7,9-12,20,23H,4-6,8,13-18H2,1-3H3,(H,26,29). The van der Waals surface area contributed by atoms with Crippen LogP contribution in [0, 0.1) is 17.3 Å². The van der Waals surface area contributed by atoms with Crippen LogP contribution in [0.1, 0.15) is 46.0 Å². The molecule has 5 rings (SSSR count). The minimum atomic E-state index is 0.0315. The van der Waals surface area contributed by atoms with Crippen LogP contribution in [0.2, 0.25) is 0 Å². The molecule has 2 unspecified atom stereocenters. The number of hydrogen-bond donors (Lipinski definition) is 1. The number of benzene rings is 1. The molecule has 1 aromatic rings. The first kappa shape index (κ1) is 21.8. The number of amides is 2. The van der Waals surface area contributed by atoms with Crippen molar-refractivity contribution in [2.45, 2.75) is 50.8 Å². The summed E-state index contributed by atoms with van der Waals surface area (Å²) in [5, 5.41) is 3.15. The predicted octanol–water partition coefficient (Wildman–Crippen LogP) is 5.72. The number of piperidine rings is 1. The molecule has 2 amide bonds. The topological polar surface area (TPSA) is 35.6 Å². The largest absolute Gasteiger partial charge is 0.322 e. The average Bonchev–Trinajstić information content (AvgIpc) is 2.77. The second-order valence-corrected chi connectivity index (χ2v) is 10.7. The zero-order chi connectivity index (χ0) is 21.1. The summed E-state index contributed by atoms with van der Waals surface area (Å²) in [6, 6.07) is 8.18. The molecule has 1 aliphatic heterocycles. The molecule has 0 spiro atoms. The number of likely N-dealkylation sites (tertiary alicyclic amines) is 1. The number of carbonyl (C=O) groups excluding carboxylic acids is 1. The molecule has 0 radical (unpaired) electrons. The molecule has 30 heavy (non-hydrogen) atoms. The monoisotopic (exact) mass is 427 g/mol. The Morgan fingerprint density at radius 1 is 1.20 bits per heavy atom. The maximum absolute atomic E-state index is 13.3. The van der Waals surface area contributed by atoms with Crippen LogP contribution in [0.3, 0.4) is 0 Å². The van der Waals surface area contributed by atoms with Crippen molar-refractivity contribution in [3.05, 3.63) is 35.9 Å². The van der Waals surface area contributed by atoms with E-state index in [0.717, 1.165) is 31.2 Å². The fraction of sp³-hybridized carbons (Fsp3) is 0.640. The average molecular weight is 428 g/mol. The smallest absolute Gasteiger partial charge is 0.319 e. The highest BCUT2D eigenvalue weighted by molar-refractivity contribution is 7.98. The first-order chi connectivity index (χ1) is 14.5. The summed E-state index contributed by atoms with van der Waals surface area (Å²) >= 11 is 1.72. The summed E-state index contributed by atoms with van der Waals surface area (Å²) in [6.07, 6.45) is 10.9. The van der Waals surface area contributed by atoms with E-state index in [1.54, 1.807) is 11.8 Å². The van der Waals surface area contributed by atoms with Gasteiger partial charge in [-0.25, -0.2) is 4.79 Å². The summed E-state index contributed by atoms with van der Waals surface area (Å²) in [7, 11) is 0. The number of hydrogen-bond acceptors (Lipinski definition) is 3. The number of fused-ring (bicyclic) bond motifs is 1. The van der Waals surface area contributed by atoms with Crippen molar-refractivity contribution in [1.29, 1.82) is 0 Å². The summed E-state index contributed by atoms with van der Waals surface area (Å²) in [6.45, 7) is 9.70. The second-order valence-electron chi connectivity index (χ2n) is 9.80. The molecule has 2 atom stereocenters. The zero-order valence-electron chi connectivity index (χ0n) is 18.8. The van der Waals surface area contributed by atoms with Crippen molar-refractivity contribution in [1.82, 2.24) is 9.80 Å². The third-order valence-electron chi connectivity index (χ3n) is 7.72. The molecule has 4 nitrogen and oxygen atoms in total. The molecule has 1 saturated heterocycles. The van der Waals surface area contributed by atoms with Crippen LogP contribution >= 0.6 is 11.8 Å². The quantitative estimate of drug-likeness (QED) is 0.446. The number of carbonyl (C=O) groups is 1. The van der Waals surface area contributed by atoms with E-state index in [4.69, 9.17) is 0 Å². The van der Waals surface area contributed by atoms with Crippen LogP contribution in [0.5, 0.6) is 0 Å². The molecule has 4 aliphatic rings. The van der Waals surface area contributed by atoms with Crippen LogP contribution in [0.4, 0.5) is 10.5 Å². The van der Waals surface area contributed by atoms with Gasteiger partial charge < -0.3 is 15.1 Å². The van der Waals surface area contributed by atoms with Crippen molar-refractivity contribution in [3.63, 3.8) is 0 Å². The van der Waals surface area contributed by atoms with Gasteiger partial charge >= 0.3 is 6.03 Å². The molecule has 164 valence electrons. The highest BCUT2D eigenvalue weighted by atomic mass is 32.2. The molecule has 5 heteroatoms. The van der Waals surface area contributed by atoms with E-state index >= 15 is 0 Å². The normalized spacial score (nSPS) is 25.2. The summed E-state index contributed by atoms with van der Waals surface area (Å²) < 4.78 is 0. The van der Waals surface area contributed by atoms with Gasteiger partial charge in [0.2, 0.25) is 0 Å². The third kappa shape index (κ3) is 4.72. The highest BCUT2D eigenvalue weighted by Crippen LogP contribution is 2.59. The van der Waals surface area contributed by atoms with Crippen molar-refractivity contribution >= 4 is 23.5 Å². The predicted molar refractivity (Wildman–Crippen MR) is 127 cm³/mol. The van der Waals surface area contributed by atoms with Gasteiger partial charge in [-0.2, -0.15) is 0 Å². The van der Waals surface area contributed by atoms with E-state index in [1.807, 2.05) is 12.1 Å². The van der Waals surface area contributed by atoms with Gasteiger partial charge in [0.05, 0.1) is 0 Å². The molecular formula is C25H37N3OS. The molecule has 1 saturated carbocycles. The summed E-state index contributed by atoms with van der Waals surface area (Å²) in [5.74, 6) is 1.47. The molecule has 2 bridgehead atoms. The molecule has 3 aliphatic carbocycles. The van der Waals surface area contributed by atoms with E-state index in [-0.39, 0.29) is 6.03 Å². The van der Waals surface area contributed by atoms with Gasteiger partial charge in [0.25, 0.3) is 0 Å². The third-order valence-corrected chi connectivity index (χ3v) is 8.46. The lowest BCUT2D eigenvalue weighted by Gasteiger charge is -2.57. The minimum absolute atomic E-state index is 0.0315. The maximum Gasteiger partial charge on any atom is 0.322 e. The minimum Gasteiger partial charge on any atom is -0.319 e. The lowest BCUT2D eigenvalue weighted by molar-refractivity contribution is -0.00966. The van der Waals surface area contributed by atoms with Crippen LogP contribution in [0.15, 0.2) is 40.8 Å². The van der Waals surface area contributed by atoms with E-state index in [0.29, 0.717) is 11.3 Å². The number of allylic oxidation sites excluding steroid dienone is 1. The van der Waals surface area contributed by atoms with Crippen molar-refractivity contribution in [2.75, 3.05) is 44.3 Å². The fourth-order valence-corrected chi connectivity index (χ4v) is 5.86. The summed E-state index contributed by atoms with van der Waals surface area (Å²) in [5.41, 5.74) is 2.75. The highest BCUT2D eigenvalue weighted by Gasteiger charge is 2.51. The number of rotatable bonds is 7. The SMILES string of the molecule is CSc1ccc(NC(=O)N(CCN2CCCCC2)CC2=CCC3CC2C3(C)C)cc1. The van der Waals surface area contributed by atoms with Crippen LogP contribution in [-0.4, -0.2) is 54.8 Å². The Hall–Kier alpha value is -1.46. The van der Waals surface area contributed by atoms with Gasteiger partial charge in [-0.05, 0) is 86.5 Å². The number of nitrogens with zero attached hydrogens (tertiary/aromatic N) is 2. The van der Waals surface area contributed by atoms with Gasteiger partial charge in [0.15, 0.2) is 0 Å². The first-order valence-electron chi connectivity index (χ1n) is 11.6. The number of thioether (sulfide) groups is 1. The second kappa shape index (κ2) is 9.35. The van der Waals surface area contributed by atoms with E-state index in [9.17, 15) is 4.79 Å². The Bertz CT molecular complexity index is 767. The Balaban J connectivity index is 1.43. The molecular weight excluding hydrogens is 390 g/mol. The van der Waals surface area contributed by atoms with Crippen molar-refractivity contribution in [3.8, 4) is 0 Å². The number of nitrogens with one attached hydrogen (secondary N) is 1. The number of anilines is 1. The van der Waals surface area contributed by atoms with Gasteiger partial charge in [-0.3, -0.25) is 0 Å². The number of urea groups is 1. The first-order valence-corrected chi connectivity index (χ1v) is 12.8. The van der Waals surface area contributed by atoms with Crippen LogP contribution < -0.4 is 5.32 Å². The molecule has 1 aromatic carbocycles. The molecule has 2 fully saturated rings. The van der Waals surface area contributed by atoms with Gasteiger partial charge in [-0.1, -0.05) is 31.9 Å². The Kier molecular flexibility index (Phi) is 6.78. The maximum atomic E-state index is 13.3. The molecule has 1 N–H and O–H groups in total. The fourth-order valence-electron chi connectivity index (χ4n) is 5.45. The van der Waals surface area contributed by atoms with Crippen LogP contribution in [0.25, 0.3) is 0 Å². The Labute approximate surface area is 186 Å². The molecule has 1 heterocycles. The van der Waals surface area contributed by atoms with E-state index in [1.165, 1.54) is 55.7 Å². The Morgan fingerprint density at radius 2 is 1.93 bits per heavy atom. The Morgan fingerprint density at radius 3 is 2.57 bits per heavy atom. The van der Waals surface area contributed by atoms with Crippen molar-refractivity contribution < 1.29 is 4.79 Å². The zero-order valence-corrected chi connectivity index (χ0v) is 19.6. The van der Waals surface area contributed by atoms with Crippen LogP contribution in [-0.2, 0) is 0 Å². The lowest BCUT2D eigenvalue weighted by Crippen LogP contribution is -2.51. The van der Waals surface area contributed by atoms with E-state index < -0.39 is 0 Å². The van der Waals surface area contributed by atoms with Gasteiger partial charge in [0.1, 0.15) is 0 Å².